The van der Waals surface area contributed by atoms with Crippen molar-refractivity contribution in [3.05, 3.63) is 48.7 Å². The topological polar surface area (TPSA) is 12.9 Å². The van der Waals surface area contributed by atoms with Crippen molar-refractivity contribution in [3.63, 3.8) is 0 Å². The molecule has 0 amide bonds. The molecule has 1 aromatic heterocycles. The number of pyridine rings is 1. The van der Waals surface area contributed by atoms with Crippen LogP contribution < -0.4 is 56.8 Å². The van der Waals surface area contributed by atoms with E-state index < -0.39 is 12.4 Å². The summed E-state index contributed by atoms with van der Waals surface area (Å²) in [6.45, 7) is -4.95. The Labute approximate surface area is 140 Å². The van der Waals surface area contributed by atoms with Gasteiger partial charge in [-0.3, -0.25) is 4.98 Å². The van der Waals surface area contributed by atoms with Gasteiger partial charge in [-0.25, -0.2) is 0 Å². The Hall–Kier alpha value is -0.139. The summed E-state index contributed by atoms with van der Waals surface area (Å²) in [5, 5.41) is 0. The Morgan fingerprint density at radius 1 is 0.941 bits per heavy atom. The van der Waals surface area contributed by atoms with Crippen molar-refractivity contribution in [2.45, 2.75) is 0 Å². The number of rotatable bonds is 2. The third-order valence-electron chi connectivity index (χ3n) is 2.23. The van der Waals surface area contributed by atoms with Crippen LogP contribution in [0.25, 0.3) is 11.3 Å². The van der Waals surface area contributed by atoms with Crippen LogP contribution in [-0.2, 0) is 0 Å². The number of hydrogen-bond donors (Lipinski definition) is 0. The smallest absolute Gasteiger partial charge is 0.445 e. The van der Waals surface area contributed by atoms with E-state index in [2.05, 4.69) is 4.98 Å². The summed E-state index contributed by atoms with van der Waals surface area (Å²) in [7, 11) is 0. The molecule has 2 rings (SSSR count). The Bertz CT molecular complexity index is 488. The van der Waals surface area contributed by atoms with E-state index in [0.717, 1.165) is 12.1 Å². The molecule has 0 spiro atoms. The molecule has 0 aliphatic rings. The molecule has 17 heavy (non-hydrogen) atoms. The summed E-state index contributed by atoms with van der Waals surface area (Å²) in [4.78, 5) is 4.01. The molecule has 0 fully saturated rings. The fourth-order valence-corrected chi connectivity index (χ4v) is 1.44. The fourth-order valence-electron chi connectivity index (χ4n) is 1.44. The van der Waals surface area contributed by atoms with Gasteiger partial charge in [-0.1, -0.05) is 30.3 Å². The molecule has 0 aliphatic heterocycles. The molecule has 0 unspecified atom stereocenters. The molecule has 82 valence electrons. The van der Waals surface area contributed by atoms with Crippen LogP contribution in [0.5, 0.6) is 0 Å². The zero-order chi connectivity index (χ0) is 11.6. The molecule has 0 saturated carbocycles. The molecule has 0 N–H and O–H groups in total. The van der Waals surface area contributed by atoms with Gasteiger partial charge in [0.05, 0.1) is 5.69 Å². The van der Waals surface area contributed by atoms with E-state index in [-0.39, 0.29) is 51.4 Å². The van der Waals surface area contributed by atoms with E-state index in [1.165, 1.54) is 6.07 Å². The van der Waals surface area contributed by atoms with E-state index in [1.54, 1.807) is 30.5 Å². The molecule has 0 aliphatic carbocycles. The second-order valence-corrected chi connectivity index (χ2v) is 3.42. The zero-order valence-electron chi connectivity index (χ0n) is 9.28. The summed E-state index contributed by atoms with van der Waals surface area (Å²) < 4.78 is 37.6. The Kier molecular flexibility index (Phi) is 5.40. The van der Waals surface area contributed by atoms with Crippen molar-refractivity contribution >= 4 is 12.4 Å². The molecule has 2 aromatic rings. The van der Waals surface area contributed by atoms with Crippen LogP contribution in [0.1, 0.15) is 0 Å². The minimum Gasteiger partial charge on any atom is -0.445 e. The third-order valence-corrected chi connectivity index (χ3v) is 2.23. The molecule has 0 atom stereocenters. The van der Waals surface area contributed by atoms with Gasteiger partial charge >= 0.3 is 58.4 Å². The zero-order valence-corrected chi connectivity index (χ0v) is 12.4. The van der Waals surface area contributed by atoms with E-state index >= 15 is 0 Å². The fraction of sp³-hybridized carbons (Fsp3) is 0. The van der Waals surface area contributed by atoms with Crippen molar-refractivity contribution in [3.8, 4) is 11.3 Å². The summed E-state index contributed by atoms with van der Waals surface area (Å²) in [6.07, 6.45) is 1.56. The summed E-state index contributed by atoms with van der Waals surface area (Å²) >= 11 is 0. The van der Waals surface area contributed by atoms with Crippen molar-refractivity contribution in [1.82, 2.24) is 4.98 Å². The molecule has 0 radical (unpaired) electrons. The average Bonchev–Trinajstić information content (AvgIpc) is 2.29. The first-order valence-electron chi connectivity index (χ1n) is 4.79. The van der Waals surface area contributed by atoms with Gasteiger partial charge in [0.2, 0.25) is 0 Å². The van der Waals surface area contributed by atoms with Gasteiger partial charge in [0.1, 0.15) is 0 Å². The van der Waals surface area contributed by atoms with Gasteiger partial charge in [0.15, 0.2) is 0 Å². The number of nitrogens with zero attached hydrogens (tertiary/aromatic N) is 1. The van der Waals surface area contributed by atoms with Gasteiger partial charge in [-0.2, -0.15) is 0 Å². The maximum absolute atomic E-state index is 12.5. The second-order valence-electron chi connectivity index (χ2n) is 3.42. The van der Waals surface area contributed by atoms with Crippen LogP contribution >= 0.6 is 0 Å². The Morgan fingerprint density at radius 3 is 2.29 bits per heavy atom. The van der Waals surface area contributed by atoms with Gasteiger partial charge in [-0.05, 0) is 17.7 Å². The number of aromatic nitrogens is 1. The summed E-state index contributed by atoms with van der Waals surface area (Å²) in [6, 6.07) is 10.4. The summed E-state index contributed by atoms with van der Waals surface area (Å²) in [5.74, 6) is 0. The standard InChI is InChI=1S/C11H8BF3N.K/c13-12(14,15)10-5-3-4-9(8-10)11-6-1-2-7-16-11;/h1-8H;/q-1;+1. The van der Waals surface area contributed by atoms with Gasteiger partial charge in [0, 0.05) is 6.20 Å². The minimum atomic E-state index is -4.95. The van der Waals surface area contributed by atoms with Crippen LogP contribution in [0.4, 0.5) is 12.9 Å². The first-order valence-corrected chi connectivity index (χ1v) is 4.79. The van der Waals surface area contributed by atoms with Crippen LogP contribution in [0.3, 0.4) is 0 Å². The Morgan fingerprint density at radius 2 is 1.71 bits per heavy atom. The quantitative estimate of drug-likeness (QED) is 0.683. The second kappa shape index (κ2) is 6.15. The first-order chi connectivity index (χ1) is 7.57. The number of hydrogen-bond acceptors (Lipinski definition) is 1. The maximum atomic E-state index is 12.5. The molecule has 1 aromatic carbocycles. The SMILES string of the molecule is F[B-](F)(F)c1cccc(-c2ccccn2)c1.[K+]. The van der Waals surface area contributed by atoms with Gasteiger partial charge in [0.25, 0.3) is 0 Å². The average molecular weight is 261 g/mol. The van der Waals surface area contributed by atoms with Crippen LogP contribution in [0.15, 0.2) is 48.7 Å². The third kappa shape index (κ3) is 3.93. The minimum absolute atomic E-state index is 0. The molecular weight excluding hydrogens is 253 g/mol. The van der Waals surface area contributed by atoms with E-state index in [9.17, 15) is 12.9 Å². The largest absolute Gasteiger partial charge is 1.00 e. The maximum Gasteiger partial charge on any atom is 1.00 e. The van der Waals surface area contributed by atoms with Gasteiger partial charge in [-0.15, -0.1) is 5.46 Å². The van der Waals surface area contributed by atoms with E-state index in [1.807, 2.05) is 0 Å². The summed E-state index contributed by atoms with van der Waals surface area (Å²) in [5.41, 5.74) is 0.435. The molecule has 0 saturated heterocycles. The monoisotopic (exact) mass is 261 g/mol. The van der Waals surface area contributed by atoms with Crippen molar-refractivity contribution < 1.29 is 64.3 Å². The van der Waals surface area contributed by atoms with Crippen molar-refractivity contribution in [2.24, 2.45) is 0 Å². The van der Waals surface area contributed by atoms with Crippen molar-refractivity contribution in [1.29, 1.82) is 0 Å². The van der Waals surface area contributed by atoms with Crippen LogP contribution in [0.2, 0.25) is 0 Å². The molecule has 6 heteroatoms. The van der Waals surface area contributed by atoms with Crippen LogP contribution in [-0.4, -0.2) is 12.0 Å². The van der Waals surface area contributed by atoms with Crippen LogP contribution in [0, 0.1) is 0 Å². The number of halogens is 3. The van der Waals surface area contributed by atoms with Crippen molar-refractivity contribution in [2.75, 3.05) is 0 Å². The molecular formula is C11H8BF3KN. The van der Waals surface area contributed by atoms with E-state index in [0.29, 0.717) is 11.3 Å². The van der Waals surface area contributed by atoms with E-state index in [4.69, 9.17) is 0 Å². The Balaban J connectivity index is 0.00000144. The normalized spacial score (nSPS) is 10.8. The number of benzene rings is 1. The molecule has 0 bridgehead atoms. The predicted molar refractivity (Wildman–Crippen MR) is 58.4 cm³/mol. The van der Waals surface area contributed by atoms with Gasteiger partial charge < -0.3 is 12.9 Å². The molecule has 1 heterocycles. The first kappa shape index (κ1) is 14.9. The molecule has 1 nitrogen and oxygen atoms in total. The predicted octanol–water partition coefficient (Wildman–Crippen LogP) is -0.193.